The molecule has 0 aliphatic carbocycles. The van der Waals surface area contributed by atoms with Gasteiger partial charge in [0.05, 0.1) is 5.71 Å². The molecule has 1 aromatic carbocycles. The summed E-state index contributed by atoms with van der Waals surface area (Å²) in [7, 11) is 1.44. The summed E-state index contributed by atoms with van der Waals surface area (Å²) in [4.78, 5) is 24.2. The van der Waals surface area contributed by atoms with Crippen LogP contribution < -0.4 is 5.73 Å². The van der Waals surface area contributed by atoms with E-state index < -0.39 is 5.25 Å². The molecule has 1 heterocycles. The number of nitrogens with two attached hydrogens (primary N) is 1. The zero-order valence-electron chi connectivity index (χ0n) is 12.1. The largest absolute Gasteiger partial charge is 0.377 e. The minimum atomic E-state index is -0.553. The highest BCUT2D eigenvalue weighted by molar-refractivity contribution is 8.14. The highest BCUT2D eigenvalue weighted by Gasteiger charge is 2.37. The van der Waals surface area contributed by atoms with Crippen LogP contribution in [0.3, 0.4) is 0 Å². The van der Waals surface area contributed by atoms with Crippen molar-refractivity contribution >= 4 is 34.5 Å². The molecular weight excluding hydrogens is 307 g/mol. The standard InChI is InChI=1S/C14H15FN4O2S/c1-8(9-3-5-10(15)6-4-9)17-18-14(16)22-11-7-12(20)19(2)13(11)21/h3-6,11H,7H2,1-2H3,(H2,16,18)/b17-8+. The molecule has 0 aromatic heterocycles. The molecular formula is C14H15FN4O2S. The summed E-state index contributed by atoms with van der Waals surface area (Å²) in [6.07, 6.45) is 0.108. The predicted octanol–water partition coefficient (Wildman–Crippen LogP) is 1.35. The van der Waals surface area contributed by atoms with Crippen LogP contribution in [-0.4, -0.2) is 39.9 Å². The van der Waals surface area contributed by atoms with Gasteiger partial charge in [-0.25, -0.2) is 4.39 Å². The second kappa shape index (κ2) is 6.69. The Morgan fingerprint density at radius 2 is 1.95 bits per heavy atom. The molecule has 1 saturated heterocycles. The van der Waals surface area contributed by atoms with Gasteiger partial charge in [0.25, 0.3) is 0 Å². The highest BCUT2D eigenvalue weighted by atomic mass is 32.2. The molecule has 116 valence electrons. The van der Waals surface area contributed by atoms with E-state index in [0.717, 1.165) is 22.2 Å². The Kier molecular flexibility index (Phi) is 4.92. The Labute approximate surface area is 131 Å². The number of rotatable bonds is 3. The molecule has 0 radical (unpaired) electrons. The first-order valence-electron chi connectivity index (χ1n) is 6.49. The van der Waals surface area contributed by atoms with Gasteiger partial charge in [0.15, 0.2) is 5.17 Å². The van der Waals surface area contributed by atoms with Gasteiger partial charge in [-0.3, -0.25) is 14.5 Å². The molecule has 2 amide bonds. The fourth-order valence-corrected chi connectivity index (χ4v) is 2.72. The highest BCUT2D eigenvalue weighted by Crippen LogP contribution is 2.24. The van der Waals surface area contributed by atoms with Crippen LogP contribution in [-0.2, 0) is 9.59 Å². The molecule has 0 spiro atoms. The van der Waals surface area contributed by atoms with E-state index in [1.54, 1.807) is 19.1 Å². The molecule has 1 unspecified atom stereocenters. The van der Waals surface area contributed by atoms with Crippen molar-refractivity contribution in [3.05, 3.63) is 35.6 Å². The Morgan fingerprint density at radius 1 is 1.32 bits per heavy atom. The van der Waals surface area contributed by atoms with Crippen LogP contribution in [0, 0.1) is 5.82 Å². The van der Waals surface area contributed by atoms with E-state index in [2.05, 4.69) is 10.2 Å². The molecule has 22 heavy (non-hydrogen) atoms. The average Bonchev–Trinajstić information content (AvgIpc) is 2.73. The van der Waals surface area contributed by atoms with Gasteiger partial charge in [-0.15, -0.1) is 5.10 Å². The Balaban J connectivity index is 2.03. The van der Waals surface area contributed by atoms with Crippen molar-refractivity contribution < 1.29 is 14.0 Å². The van der Waals surface area contributed by atoms with Crippen LogP contribution in [0.25, 0.3) is 0 Å². The number of hydrogen-bond donors (Lipinski definition) is 1. The molecule has 0 bridgehead atoms. The second-order valence-corrected chi connectivity index (χ2v) is 5.96. The lowest BCUT2D eigenvalue weighted by atomic mass is 10.1. The summed E-state index contributed by atoms with van der Waals surface area (Å²) in [6.45, 7) is 1.71. The predicted molar refractivity (Wildman–Crippen MR) is 84.0 cm³/mol. The van der Waals surface area contributed by atoms with E-state index in [1.165, 1.54) is 19.2 Å². The van der Waals surface area contributed by atoms with Gasteiger partial charge in [-0.1, -0.05) is 23.9 Å². The van der Waals surface area contributed by atoms with Crippen molar-refractivity contribution in [2.24, 2.45) is 15.9 Å². The van der Waals surface area contributed by atoms with Crippen LogP contribution >= 0.6 is 11.8 Å². The molecule has 1 aromatic rings. The minimum Gasteiger partial charge on any atom is -0.377 e. The SMILES string of the molecule is C/C(=N\N=C(N)SC1CC(=O)N(C)C1=O)c1ccc(F)cc1. The van der Waals surface area contributed by atoms with E-state index in [9.17, 15) is 14.0 Å². The quantitative estimate of drug-likeness (QED) is 0.394. The van der Waals surface area contributed by atoms with Crippen LogP contribution in [0.5, 0.6) is 0 Å². The Hall–Kier alpha value is -2.22. The van der Waals surface area contributed by atoms with Gasteiger partial charge in [-0.05, 0) is 24.6 Å². The van der Waals surface area contributed by atoms with E-state index in [-0.39, 0.29) is 29.2 Å². The Morgan fingerprint density at radius 3 is 2.50 bits per heavy atom. The summed E-state index contributed by atoms with van der Waals surface area (Å²) in [5.41, 5.74) is 7.00. The molecule has 1 fully saturated rings. The smallest absolute Gasteiger partial charge is 0.243 e. The van der Waals surface area contributed by atoms with Crippen molar-refractivity contribution in [1.82, 2.24) is 4.90 Å². The molecule has 6 nitrogen and oxygen atoms in total. The van der Waals surface area contributed by atoms with Gasteiger partial charge in [0, 0.05) is 13.5 Å². The number of carbonyl (C=O) groups excluding carboxylic acids is 2. The number of amides is 2. The number of hydrogen-bond acceptors (Lipinski definition) is 5. The average molecular weight is 322 g/mol. The lowest BCUT2D eigenvalue weighted by Crippen LogP contribution is -2.27. The first kappa shape index (κ1) is 16.2. The maximum Gasteiger partial charge on any atom is 0.243 e. The van der Waals surface area contributed by atoms with Crippen LogP contribution in [0.1, 0.15) is 18.9 Å². The third-order valence-electron chi connectivity index (χ3n) is 3.16. The van der Waals surface area contributed by atoms with Crippen molar-refractivity contribution in [2.45, 2.75) is 18.6 Å². The summed E-state index contributed by atoms with van der Waals surface area (Å²) in [5, 5.41) is 7.34. The number of nitrogens with zero attached hydrogens (tertiary/aromatic N) is 3. The van der Waals surface area contributed by atoms with Crippen molar-refractivity contribution in [2.75, 3.05) is 7.05 Å². The van der Waals surface area contributed by atoms with E-state index in [4.69, 9.17) is 5.73 Å². The number of imide groups is 1. The molecule has 8 heteroatoms. The lowest BCUT2D eigenvalue weighted by Gasteiger charge is -2.07. The number of amidine groups is 1. The van der Waals surface area contributed by atoms with E-state index >= 15 is 0 Å². The normalized spacial score (nSPS) is 20.0. The van der Waals surface area contributed by atoms with E-state index in [1.807, 2.05) is 0 Å². The summed E-state index contributed by atoms with van der Waals surface area (Å²) in [5.74, 6) is -0.850. The lowest BCUT2D eigenvalue weighted by molar-refractivity contribution is -0.136. The number of likely N-dealkylation sites (tertiary alicyclic amines) is 1. The zero-order chi connectivity index (χ0) is 16.3. The van der Waals surface area contributed by atoms with Crippen molar-refractivity contribution in [3.63, 3.8) is 0 Å². The van der Waals surface area contributed by atoms with Crippen molar-refractivity contribution in [1.29, 1.82) is 0 Å². The molecule has 0 saturated carbocycles. The maximum atomic E-state index is 12.8. The first-order valence-corrected chi connectivity index (χ1v) is 7.37. The van der Waals surface area contributed by atoms with E-state index in [0.29, 0.717) is 5.71 Å². The number of benzene rings is 1. The Bertz CT molecular complexity index is 657. The third-order valence-corrected chi connectivity index (χ3v) is 4.14. The molecule has 1 atom stereocenters. The molecule has 1 aliphatic rings. The van der Waals surface area contributed by atoms with Gasteiger partial charge in [-0.2, -0.15) is 5.10 Å². The molecule has 2 rings (SSSR count). The monoisotopic (exact) mass is 322 g/mol. The van der Waals surface area contributed by atoms with Crippen LogP contribution in [0.15, 0.2) is 34.5 Å². The maximum absolute atomic E-state index is 12.8. The minimum absolute atomic E-state index is 0.0999. The van der Waals surface area contributed by atoms with Crippen LogP contribution in [0.4, 0.5) is 4.39 Å². The number of thioether (sulfide) groups is 1. The molecule has 2 N–H and O–H groups in total. The first-order chi connectivity index (χ1) is 10.4. The van der Waals surface area contributed by atoms with Crippen LogP contribution in [0.2, 0.25) is 0 Å². The number of halogens is 1. The summed E-state index contributed by atoms with van der Waals surface area (Å²) in [6, 6.07) is 5.83. The number of carbonyl (C=O) groups is 2. The van der Waals surface area contributed by atoms with Crippen molar-refractivity contribution in [3.8, 4) is 0 Å². The summed E-state index contributed by atoms with van der Waals surface area (Å²) >= 11 is 1.01. The fourth-order valence-electron chi connectivity index (χ4n) is 1.86. The van der Waals surface area contributed by atoms with Gasteiger partial charge in [0.2, 0.25) is 11.8 Å². The third kappa shape index (κ3) is 3.70. The molecule has 1 aliphatic heterocycles. The topological polar surface area (TPSA) is 88.1 Å². The second-order valence-electron chi connectivity index (χ2n) is 4.73. The fraction of sp³-hybridized carbons (Fsp3) is 0.286. The van der Waals surface area contributed by atoms with Gasteiger partial charge < -0.3 is 5.73 Å². The summed E-state index contributed by atoms with van der Waals surface area (Å²) < 4.78 is 12.8. The van der Waals surface area contributed by atoms with Gasteiger partial charge >= 0.3 is 0 Å². The zero-order valence-corrected chi connectivity index (χ0v) is 12.9. The van der Waals surface area contributed by atoms with Gasteiger partial charge in [0.1, 0.15) is 11.1 Å².